The van der Waals surface area contributed by atoms with Crippen LogP contribution in [0.5, 0.6) is 5.75 Å². The Kier molecular flexibility index (Phi) is 4.58. The van der Waals surface area contributed by atoms with Gasteiger partial charge in [-0.05, 0) is 17.5 Å². The Morgan fingerprint density at radius 3 is 2.21 bits per heavy atom. The van der Waals surface area contributed by atoms with E-state index < -0.39 is 0 Å². The number of aromatic hydroxyl groups is 1. The van der Waals surface area contributed by atoms with Gasteiger partial charge in [-0.15, -0.1) is 0 Å². The molecule has 0 amide bonds. The van der Waals surface area contributed by atoms with Crippen LogP contribution in [-0.2, 0) is 6.54 Å². The summed E-state index contributed by atoms with van der Waals surface area (Å²) < 4.78 is 0. The summed E-state index contributed by atoms with van der Waals surface area (Å²) in [5.41, 5.74) is 2.22. The predicted molar refractivity (Wildman–Crippen MR) is 79.0 cm³/mol. The number of hydrogen-bond acceptors (Lipinski definition) is 2. The summed E-state index contributed by atoms with van der Waals surface area (Å²) in [5.74, 6) is 0.846. The van der Waals surface area contributed by atoms with Crippen LogP contribution in [0.3, 0.4) is 0 Å². The third-order valence-electron chi connectivity index (χ3n) is 3.33. The summed E-state index contributed by atoms with van der Waals surface area (Å²) in [7, 11) is 0. The van der Waals surface area contributed by atoms with Crippen LogP contribution in [0.4, 0.5) is 0 Å². The summed E-state index contributed by atoms with van der Waals surface area (Å²) >= 11 is 0. The van der Waals surface area contributed by atoms with Crippen molar-refractivity contribution >= 4 is 0 Å². The first kappa shape index (κ1) is 13.6. The molecule has 2 rings (SSSR count). The molecule has 2 heteroatoms. The first-order chi connectivity index (χ1) is 9.18. The summed E-state index contributed by atoms with van der Waals surface area (Å²) in [6, 6.07) is 18.2. The number of benzene rings is 2. The smallest absolute Gasteiger partial charge is 0.120 e. The molecule has 0 saturated carbocycles. The van der Waals surface area contributed by atoms with Crippen molar-refractivity contribution < 1.29 is 5.11 Å². The molecule has 0 unspecified atom stereocenters. The van der Waals surface area contributed by atoms with E-state index in [1.54, 1.807) is 6.07 Å². The molecular formula is C17H21NO. The first-order valence-corrected chi connectivity index (χ1v) is 6.73. The molecule has 2 N–H and O–H groups in total. The van der Waals surface area contributed by atoms with E-state index >= 15 is 0 Å². The van der Waals surface area contributed by atoms with Crippen molar-refractivity contribution in [2.45, 2.75) is 26.4 Å². The summed E-state index contributed by atoms with van der Waals surface area (Å²) in [6.45, 7) is 5.08. The van der Waals surface area contributed by atoms with Gasteiger partial charge in [-0.25, -0.2) is 0 Å². The standard InChI is InChI=1S/C17H21NO/c1-13(2)17(14-8-4-3-5-9-14)18-12-15-10-6-7-11-16(15)19/h3-11,13,17-19H,12H2,1-2H3/t17-/m0/s1. The summed E-state index contributed by atoms with van der Waals surface area (Å²) in [5, 5.41) is 13.3. The lowest BCUT2D eigenvalue weighted by Crippen LogP contribution is -2.25. The molecule has 2 nitrogen and oxygen atoms in total. The number of nitrogens with one attached hydrogen (secondary N) is 1. The molecule has 2 aromatic carbocycles. The Labute approximate surface area is 115 Å². The van der Waals surface area contributed by atoms with Crippen LogP contribution in [-0.4, -0.2) is 5.11 Å². The van der Waals surface area contributed by atoms with Gasteiger partial charge in [0.2, 0.25) is 0 Å². The largest absolute Gasteiger partial charge is 0.508 e. The van der Waals surface area contributed by atoms with E-state index in [-0.39, 0.29) is 0 Å². The molecule has 0 aliphatic heterocycles. The van der Waals surface area contributed by atoms with Gasteiger partial charge in [0.05, 0.1) is 0 Å². The van der Waals surface area contributed by atoms with Crippen molar-refractivity contribution in [2.75, 3.05) is 0 Å². The zero-order valence-corrected chi connectivity index (χ0v) is 11.5. The minimum absolute atomic E-state index is 0.292. The van der Waals surface area contributed by atoms with Gasteiger partial charge in [0.25, 0.3) is 0 Å². The van der Waals surface area contributed by atoms with E-state index in [4.69, 9.17) is 0 Å². The SMILES string of the molecule is CC(C)[C@H](NCc1ccccc1O)c1ccccc1. The third-order valence-corrected chi connectivity index (χ3v) is 3.33. The van der Waals surface area contributed by atoms with E-state index in [1.165, 1.54) is 5.56 Å². The molecule has 100 valence electrons. The topological polar surface area (TPSA) is 32.3 Å². The molecule has 0 aromatic heterocycles. The fourth-order valence-corrected chi connectivity index (χ4v) is 2.28. The van der Waals surface area contributed by atoms with Gasteiger partial charge in [0, 0.05) is 18.2 Å². The number of para-hydroxylation sites is 1. The first-order valence-electron chi connectivity index (χ1n) is 6.73. The van der Waals surface area contributed by atoms with Crippen molar-refractivity contribution in [3.63, 3.8) is 0 Å². The Morgan fingerprint density at radius 2 is 1.58 bits per heavy atom. The van der Waals surface area contributed by atoms with Gasteiger partial charge in [0.1, 0.15) is 5.75 Å². The normalized spacial score (nSPS) is 12.6. The van der Waals surface area contributed by atoms with Crippen LogP contribution >= 0.6 is 0 Å². The molecule has 0 bridgehead atoms. The van der Waals surface area contributed by atoms with Crippen LogP contribution in [0.2, 0.25) is 0 Å². The van der Waals surface area contributed by atoms with Crippen LogP contribution < -0.4 is 5.32 Å². The number of rotatable bonds is 5. The maximum Gasteiger partial charge on any atom is 0.120 e. The van der Waals surface area contributed by atoms with Crippen LogP contribution in [0.15, 0.2) is 54.6 Å². The molecule has 1 atom stereocenters. The fraction of sp³-hybridized carbons (Fsp3) is 0.294. The Balaban J connectivity index is 2.09. The fourth-order valence-electron chi connectivity index (χ4n) is 2.28. The predicted octanol–water partition coefficient (Wildman–Crippen LogP) is 3.88. The highest BCUT2D eigenvalue weighted by molar-refractivity contribution is 5.31. The van der Waals surface area contributed by atoms with E-state index in [9.17, 15) is 5.11 Å². The third kappa shape index (κ3) is 3.58. The molecule has 0 heterocycles. The quantitative estimate of drug-likeness (QED) is 0.849. The molecule has 0 radical (unpaired) electrons. The molecule has 0 aliphatic rings. The molecule has 0 saturated heterocycles. The minimum Gasteiger partial charge on any atom is -0.508 e. The van der Waals surface area contributed by atoms with Gasteiger partial charge >= 0.3 is 0 Å². The van der Waals surface area contributed by atoms with Crippen molar-refractivity contribution in [1.29, 1.82) is 0 Å². The van der Waals surface area contributed by atoms with E-state index in [2.05, 4.69) is 43.4 Å². The lowest BCUT2D eigenvalue weighted by Gasteiger charge is -2.23. The van der Waals surface area contributed by atoms with Gasteiger partial charge < -0.3 is 10.4 Å². The Morgan fingerprint density at radius 1 is 0.947 bits per heavy atom. The van der Waals surface area contributed by atoms with Crippen molar-refractivity contribution in [3.8, 4) is 5.75 Å². The van der Waals surface area contributed by atoms with Gasteiger partial charge in [-0.2, -0.15) is 0 Å². The second kappa shape index (κ2) is 6.39. The number of phenols is 1. The van der Waals surface area contributed by atoms with Crippen molar-refractivity contribution in [1.82, 2.24) is 5.32 Å². The molecule has 2 aromatic rings. The second-order valence-corrected chi connectivity index (χ2v) is 5.14. The summed E-state index contributed by atoms with van der Waals surface area (Å²) in [4.78, 5) is 0. The Hall–Kier alpha value is -1.80. The van der Waals surface area contributed by atoms with Crippen molar-refractivity contribution in [3.05, 3.63) is 65.7 Å². The lowest BCUT2D eigenvalue weighted by molar-refractivity contribution is 0.402. The molecule has 0 aliphatic carbocycles. The van der Waals surface area contributed by atoms with Crippen LogP contribution in [0.25, 0.3) is 0 Å². The van der Waals surface area contributed by atoms with Gasteiger partial charge in [-0.1, -0.05) is 62.4 Å². The molecule has 0 fully saturated rings. The highest BCUT2D eigenvalue weighted by Gasteiger charge is 2.15. The average molecular weight is 255 g/mol. The Bertz CT molecular complexity index is 508. The average Bonchev–Trinajstić information content (AvgIpc) is 2.42. The highest BCUT2D eigenvalue weighted by Crippen LogP contribution is 2.23. The molecule has 19 heavy (non-hydrogen) atoms. The number of hydrogen-bond donors (Lipinski definition) is 2. The maximum atomic E-state index is 9.79. The highest BCUT2D eigenvalue weighted by atomic mass is 16.3. The molecule has 0 spiro atoms. The zero-order chi connectivity index (χ0) is 13.7. The lowest BCUT2D eigenvalue weighted by atomic mass is 9.96. The monoisotopic (exact) mass is 255 g/mol. The zero-order valence-electron chi connectivity index (χ0n) is 11.5. The summed E-state index contributed by atoms with van der Waals surface area (Å²) in [6.07, 6.45) is 0. The van der Waals surface area contributed by atoms with Crippen LogP contribution in [0, 0.1) is 5.92 Å². The maximum absolute atomic E-state index is 9.79. The number of phenolic OH excluding ortho intramolecular Hbond substituents is 1. The van der Waals surface area contributed by atoms with Gasteiger partial charge in [0.15, 0.2) is 0 Å². The minimum atomic E-state index is 0.292. The van der Waals surface area contributed by atoms with E-state index in [0.717, 1.165) is 5.56 Å². The van der Waals surface area contributed by atoms with E-state index in [0.29, 0.717) is 24.3 Å². The van der Waals surface area contributed by atoms with Crippen LogP contribution in [0.1, 0.15) is 31.0 Å². The van der Waals surface area contributed by atoms with E-state index in [1.807, 2.05) is 24.3 Å². The second-order valence-electron chi connectivity index (χ2n) is 5.14. The molecular weight excluding hydrogens is 234 g/mol. The van der Waals surface area contributed by atoms with Crippen molar-refractivity contribution in [2.24, 2.45) is 5.92 Å². The van der Waals surface area contributed by atoms with Gasteiger partial charge in [-0.3, -0.25) is 0 Å².